The van der Waals surface area contributed by atoms with Crippen LogP contribution in [0.4, 0.5) is 0 Å². The highest BCUT2D eigenvalue weighted by atomic mass is 16.2. The molecule has 0 aromatic heterocycles. The van der Waals surface area contributed by atoms with Crippen LogP contribution < -0.4 is 0 Å². The molecule has 2 rings (SSSR count). The van der Waals surface area contributed by atoms with E-state index in [9.17, 15) is 9.59 Å². The lowest BCUT2D eigenvalue weighted by Gasteiger charge is -2.43. The summed E-state index contributed by atoms with van der Waals surface area (Å²) in [6.45, 7) is 14.6. The normalized spacial score (nSPS) is 20.5. The number of nitrogens with zero attached hydrogens (tertiary/aromatic N) is 2. The lowest BCUT2D eigenvalue weighted by Crippen LogP contribution is -2.46. The quantitative estimate of drug-likeness (QED) is 0.304. The van der Waals surface area contributed by atoms with Crippen LogP contribution in [0.25, 0.3) is 0 Å². The molecule has 0 aliphatic carbocycles. The number of carbonyl (C=O) groups is 2. The lowest BCUT2D eigenvalue weighted by molar-refractivity contribution is -0.140. The van der Waals surface area contributed by atoms with Crippen LogP contribution in [0.3, 0.4) is 0 Å². The fourth-order valence-corrected chi connectivity index (χ4v) is 5.31. The Bertz CT molecular complexity index is 519. The molecular weight excluding hydrogens is 360 g/mol. The van der Waals surface area contributed by atoms with Crippen LogP contribution in [-0.2, 0) is 9.59 Å². The molecule has 168 valence electrons. The Balaban J connectivity index is 2.02. The van der Waals surface area contributed by atoms with Crippen molar-refractivity contribution in [3.05, 3.63) is 0 Å². The summed E-state index contributed by atoms with van der Waals surface area (Å²) in [4.78, 5) is 28.5. The van der Waals surface area contributed by atoms with Crippen molar-refractivity contribution in [2.24, 2.45) is 10.8 Å². The van der Waals surface area contributed by atoms with Gasteiger partial charge in [0.1, 0.15) is 0 Å². The number of carbonyl (C=O) groups excluding carboxylic acids is 2. The second kappa shape index (κ2) is 10.9. The number of imide groups is 1. The molecule has 4 nitrogen and oxygen atoms in total. The maximum atomic E-state index is 12.1. The Morgan fingerprint density at radius 1 is 0.828 bits per heavy atom. The van der Waals surface area contributed by atoms with Gasteiger partial charge in [-0.3, -0.25) is 14.5 Å². The molecule has 0 aromatic rings. The van der Waals surface area contributed by atoms with Crippen LogP contribution in [0.15, 0.2) is 0 Å². The molecule has 2 saturated heterocycles. The molecule has 29 heavy (non-hydrogen) atoms. The summed E-state index contributed by atoms with van der Waals surface area (Å²) in [5.74, 6) is 0.0442. The monoisotopic (exact) mass is 406 g/mol. The zero-order chi connectivity index (χ0) is 21.5. The van der Waals surface area contributed by atoms with E-state index in [2.05, 4.69) is 39.5 Å². The molecule has 0 N–H and O–H groups in total. The summed E-state index contributed by atoms with van der Waals surface area (Å²) in [5, 5.41) is 0. The highest BCUT2D eigenvalue weighted by molar-refractivity contribution is 6.01. The zero-order valence-corrected chi connectivity index (χ0v) is 19.9. The van der Waals surface area contributed by atoms with Crippen molar-refractivity contribution in [3.63, 3.8) is 0 Å². The van der Waals surface area contributed by atoms with E-state index in [0.717, 1.165) is 6.42 Å². The van der Waals surface area contributed by atoms with Crippen molar-refractivity contribution in [1.29, 1.82) is 0 Å². The van der Waals surface area contributed by atoms with E-state index in [1.165, 1.54) is 75.8 Å². The van der Waals surface area contributed by atoms with Crippen LogP contribution >= 0.6 is 0 Å². The molecule has 2 aliphatic rings. The number of likely N-dealkylation sites (tertiary alicyclic amines) is 2. The van der Waals surface area contributed by atoms with Crippen molar-refractivity contribution in [2.75, 3.05) is 19.6 Å². The molecular formula is C25H46N2O2. The van der Waals surface area contributed by atoms with E-state index < -0.39 is 0 Å². The molecule has 2 aliphatic heterocycles. The maximum absolute atomic E-state index is 12.1. The molecule has 0 spiro atoms. The van der Waals surface area contributed by atoms with Gasteiger partial charge in [0, 0.05) is 25.4 Å². The minimum absolute atomic E-state index is 0.0221. The van der Waals surface area contributed by atoms with Gasteiger partial charge in [0.15, 0.2) is 0 Å². The summed E-state index contributed by atoms with van der Waals surface area (Å²) < 4.78 is 0. The topological polar surface area (TPSA) is 40.6 Å². The molecule has 1 unspecified atom stereocenters. The summed E-state index contributed by atoms with van der Waals surface area (Å²) in [5.41, 5.74) is 0.293. The summed E-state index contributed by atoms with van der Waals surface area (Å²) in [6.07, 6.45) is 13.6. The third-order valence-corrected chi connectivity index (χ3v) is 6.93. The van der Waals surface area contributed by atoms with Gasteiger partial charge >= 0.3 is 0 Å². The van der Waals surface area contributed by atoms with Gasteiger partial charge < -0.3 is 4.90 Å². The van der Waals surface area contributed by atoms with Gasteiger partial charge in [-0.1, -0.05) is 66.7 Å². The fourth-order valence-electron chi connectivity index (χ4n) is 5.31. The molecule has 0 saturated carbocycles. The largest absolute Gasteiger partial charge is 0.300 e. The third kappa shape index (κ3) is 8.03. The van der Waals surface area contributed by atoms with Crippen LogP contribution in [0.1, 0.15) is 112 Å². The Kier molecular flexibility index (Phi) is 9.18. The van der Waals surface area contributed by atoms with Crippen LogP contribution in [0.2, 0.25) is 0 Å². The van der Waals surface area contributed by atoms with E-state index in [-0.39, 0.29) is 17.2 Å². The van der Waals surface area contributed by atoms with Crippen molar-refractivity contribution in [2.45, 2.75) is 118 Å². The highest BCUT2D eigenvalue weighted by Crippen LogP contribution is 2.37. The first-order valence-corrected chi connectivity index (χ1v) is 12.2. The number of hydrogen-bond acceptors (Lipinski definition) is 3. The van der Waals surface area contributed by atoms with E-state index >= 15 is 0 Å². The van der Waals surface area contributed by atoms with Gasteiger partial charge in [-0.2, -0.15) is 0 Å². The smallest absolute Gasteiger partial charge is 0.229 e. The van der Waals surface area contributed by atoms with E-state index in [1.54, 1.807) is 0 Å². The van der Waals surface area contributed by atoms with E-state index in [4.69, 9.17) is 0 Å². The van der Waals surface area contributed by atoms with E-state index in [0.29, 0.717) is 30.8 Å². The second-order valence-corrected chi connectivity index (χ2v) is 11.2. The highest BCUT2D eigenvalue weighted by Gasteiger charge is 2.37. The minimum atomic E-state index is -0.0456. The van der Waals surface area contributed by atoms with Gasteiger partial charge in [-0.25, -0.2) is 0 Å². The Morgan fingerprint density at radius 2 is 1.41 bits per heavy atom. The van der Waals surface area contributed by atoms with Crippen LogP contribution in [0.5, 0.6) is 0 Å². The number of unbranched alkanes of at least 4 members (excludes halogenated alkanes) is 3. The van der Waals surface area contributed by atoms with Gasteiger partial charge in [-0.15, -0.1) is 0 Å². The first kappa shape index (κ1) is 24.4. The summed E-state index contributed by atoms with van der Waals surface area (Å²) in [6, 6.07) is 0.541. The number of hydrogen-bond donors (Lipinski definition) is 0. The average Bonchev–Trinajstić information content (AvgIpc) is 2.96. The van der Waals surface area contributed by atoms with Crippen molar-refractivity contribution in [1.82, 2.24) is 9.80 Å². The predicted molar refractivity (Wildman–Crippen MR) is 121 cm³/mol. The molecule has 0 bridgehead atoms. The SMILES string of the molecule is CCCCCCC(C)(C)CC(CC(C)(C)CN1C(=O)CCC1=O)N1CCCCC1. The summed E-state index contributed by atoms with van der Waals surface area (Å²) >= 11 is 0. The van der Waals surface area contributed by atoms with E-state index in [1.807, 2.05) is 0 Å². The molecule has 1 atom stereocenters. The lowest BCUT2D eigenvalue weighted by atomic mass is 9.75. The number of rotatable bonds is 12. The number of piperidine rings is 1. The average molecular weight is 407 g/mol. The van der Waals surface area contributed by atoms with Crippen molar-refractivity contribution in [3.8, 4) is 0 Å². The van der Waals surface area contributed by atoms with Gasteiger partial charge in [-0.05, 0) is 56.0 Å². The van der Waals surface area contributed by atoms with Gasteiger partial charge in [0.05, 0.1) is 0 Å². The molecule has 4 heteroatoms. The van der Waals surface area contributed by atoms with Gasteiger partial charge in [0.25, 0.3) is 0 Å². The first-order chi connectivity index (χ1) is 13.6. The van der Waals surface area contributed by atoms with Gasteiger partial charge in [0.2, 0.25) is 11.8 Å². The first-order valence-electron chi connectivity index (χ1n) is 12.2. The Morgan fingerprint density at radius 3 is 2.00 bits per heavy atom. The minimum Gasteiger partial charge on any atom is -0.300 e. The Hall–Kier alpha value is -0.900. The molecule has 2 heterocycles. The van der Waals surface area contributed by atoms with Crippen molar-refractivity contribution >= 4 is 11.8 Å². The maximum Gasteiger partial charge on any atom is 0.229 e. The van der Waals surface area contributed by atoms with Crippen LogP contribution in [-0.4, -0.2) is 47.3 Å². The molecule has 2 amide bonds. The second-order valence-electron chi connectivity index (χ2n) is 11.2. The summed E-state index contributed by atoms with van der Waals surface area (Å²) in [7, 11) is 0. The standard InChI is InChI=1S/C25H46N2O2/c1-6-7-8-10-15-24(2,3)18-21(26-16-11-9-12-17-26)19-25(4,5)20-27-22(28)13-14-23(27)29/h21H,6-20H2,1-5H3. The molecule has 0 radical (unpaired) electrons. The predicted octanol–water partition coefficient (Wildman–Crippen LogP) is 5.79. The zero-order valence-electron chi connectivity index (χ0n) is 19.9. The fraction of sp³-hybridized carbons (Fsp3) is 0.920. The molecule has 2 fully saturated rings. The van der Waals surface area contributed by atoms with Crippen LogP contribution in [0, 0.1) is 10.8 Å². The third-order valence-electron chi connectivity index (χ3n) is 6.93. The Labute approximate surface area is 179 Å². The molecule has 0 aromatic carbocycles. The number of amides is 2. The van der Waals surface area contributed by atoms with Crippen molar-refractivity contribution < 1.29 is 9.59 Å².